The van der Waals surface area contributed by atoms with Crippen LogP contribution in [0, 0.1) is 0 Å². The average molecular weight is 408 g/mol. The van der Waals surface area contributed by atoms with Gasteiger partial charge in [-0.15, -0.1) is 0 Å². The highest BCUT2D eigenvalue weighted by Crippen LogP contribution is 2.29. The maximum Gasteiger partial charge on any atom is 0.252 e. The molecule has 140 valence electrons. The Morgan fingerprint density at radius 2 is 1.88 bits per heavy atom. The van der Waals surface area contributed by atoms with Gasteiger partial charge in [0.25, 0.3) is 5.91 Å². The quantitative estimate of drug-likeness (QED) is 0.569. The molecule has 1 heterocycles. The van der Waals surface area contributed by atoms with Crippen LogP contribution < -0.4 is 10.6 Å². The Morgan fingerprint density at radius 3 is 2.36 bits per heavy atom. The van der Waals surface area contributed by atoms with Crippen molar-refractivity contribution in [3.05, 3.63) is 35.4 Å². The number of hydrogen-bond acceptors (Lipinski definition) is 3. The number of rotatable bonds is 5. The summed E-state index contributed by atoms with van der Waals surface area (Å²) in [4.78, 5) is 12.5. The van der Waals surface area contributed by atoms with Gasteiger partial charge in [0.05, 0.1) is 6.10 Å². The van der Waals surface area contributed by atoms with Gasteiger partial charge in [-0.3, -0.25) is 10.1 Å². The molecule has 1 aliphatic heterocycles. The number of carbonyl (C=O) groups excluding carboxylic acids is 1. The Bertz CT molecular complexity index is 573. The van der Waals surface area contributed by atoms with Crippen LogP contribution in [0.4, 0.5) is 0 Å². The molecule has 1 fully saturated rings. The highest BCUT2D eigenvalue weighted by Gasteiger charge is 2.34. The summed E-state index contributed by atoms with van der Waals surface area (Å²) < 4.78 is 3.88. The second kappa shape index (κ2) is 8.45. The molecule has 0 radical (unpaired) electrons. The van der Waals surface area contributed by atoms with Gasteiger partial charge in [0, 0.05) is 18.7 Å². The van der Waals surface area contributed by atoms with Gasteiger partial charge < -0.3 is 10.1 Å². The number of hydrogen-bond donors (Lipinski definition) is 2. The van der Waals surface area contributed by atoms with Crippen LogP contribution in [-0.4, -0.2) is 35.1 Å². The summed E-state index contributed by atoms with van der Waals surface area (Å²) in [5.74, 6) is -0.295. The van der Waals surface area contributed by atoms with Gasteiger partial charge in [-0.25, -0.2) is 0 Å². The third kappa shape index (κ3) is 6.30. The first-order valence-corrected chi connectivity index (χ1v) is 9.54. The van der Waals surface area contributed by atoms with Crippen molar-refractivity contribution in [3.8, 4) is 0 Å². The summed E-state index contributed by atoms with van der Waals surface area (Å²) in [5, 5.41) is 5.84. The fraction of sp³-hybridized carbons (Fsp3) is 0.611. The first-order valence-electron chi connectivity index (χ1n) is 8.40. The van der Waals surface area contributed by atoms with Crippen LogP contribution in [0.1, 0.15) is 49.5 Å². The number of amides is 1. The molecule has 1 saturated heterocycles. The van der Waals surface area contributed by atoms with E-state index in [-0.39, 0.29) is 17.4 Å². The van der Waals surface area contributed by atoms with Crippen molar-refractivity contribution in [1.29, 1.82) is 0 Å². The van der Waals surface area contributed by atoms with E-state index in [0.717, 1.165) is 25.0 Å². The minimum atomic E-state index is -1.67. The number of halogens is 3. The zero-order valence-electron chi connectivity index (χ0n) is 14.7. The minimum Gasteiger partial charge on any atom is -0.377 e. The molecule has 2 atom stereocenters. The number of alkyl halides is 3. The number of benzene rings is 1. The highest BCUT2D eigenvalue weighted by molar-refractivity contribution is 6.68. The smallest absolute Gasteiger partial charge is 0.252 e. The molecule has 1 amide bonds. The molecule has 2 rings (SSSR count). The van der Waals surface area contributed by atoms with Crippen molar-refractivity contribution in [2.75, 3.05) is 13.2 Å². The first kappa shape index (κ1) is 20.8. The normalized spacial score (nSPS) is 19.7. The van der Waals surface area contributed by atoms with E-state index in [9.17, 15) is 4.79 Å². The Hall–Kier alpha value is -0.520. The first-order chi connectivity index (χ1) is 11.6. The Kier molecular flexibility index (Phi) is 7.02. The maximum atomic E-state index is 12.5. The van der Waals surface area contributed by atoms with Gasteiger partial charge in [-0.1, -0.05) is 67.7 Å². The van der Waals surface area contributed by atoms with E-state index in [0.29, 0.717) is 12.1 Å². The summed E-state index contributed by atoms with van der Waals surface area (Å²) in [6.07, 6.45) is 1.26. The fourth-order valence-corrected chi connectivity index (χ4v) is 3.03. The largest absolute Gasteiger partial charge is 0.377 e. The summed E-state index contributed by atoms with van der Waals surface area (Å²) in [6.45, 7) is 7.63. The van der Waals surface area contributed by atoms with Crippen LogP contribution >= 0.6 is 34.8 Å². The molecule has 0 aliphatic carbocycles. The van der Waals surface area contributed by atoms with E-state index in [1.807, 2.05) is 12.1 Å². The molecule has 4 nitrogen and oxygen atoms in total. The molecule has 7 heteroatoms. The molecule has 1 aromatic carbocycles. The predicted molar refractivity (Wildman–Crippen MR) is 104 cm³/mol. The van der Waals surface area contributed by atoms with Gasteiger partial charge in [0.2, 0.25) is 3.79 Å². The Balaban J connectivity index is 2.00. The molecular formula is C18H25Cl3N2O2. The van der Waals surface area contributed by atoms with Crippen molar-refractivity contribution in [2.24, 2.45) is 0 Å². The van der Waals surface area contributed by atoms with Gasteiger partial charge >= 0.3 is 0 Å². The lowest BCUT2D eigenvalue weighted by Gasteiger charge is -2.28. The van der Waals surface area contributed by atoms with E-state index in [2.05, 4.69) is 31.4 Å². The highest BCUT2D eigenvalue weighted by atomic mass is 35.6. The van der Waals surface area contributed by atoms with E-state index >= 15 is 0 Å². The lowest BCUT2D eigenvalue weighted by Crippen LogP contribution is -2.54. The molecule has 25 heavy (non-hydrogen) atoms. The van der Waals surface area contributed by atoms with E-state index in [4.69, 9.17) is 39.5 Å². The molecule has 0 unspecified atom stereocenters. The zero-order chi connectivity index (χ0) is 18.7. The molecule has 0 saturated carbocycles. The summed E-state index contributed by atoms with van der Waals surface area (Å²) in [6, 6.07) is 7.45. The molecule has 0 bridgehead atoms. The van der Waals surface area contributed by atoms with Crippen molar-refractivity contribution in [3.63, 3.8) is 0 Å². The van der Waals surface area contributed by atoms with Crippen molar-refractivity contribution in [1.82, 2.24) is 10.6 Å². The second-order valence-corrected chi connectivity index (χ2v) is 9.69. The monoisotopic (exact) mass is 406 g/mol. The van der Waals surface area contributed by atoms with Crippen molar-refractivity contribution in [2.45, 2.75) is 55.1 Å². The van der Waals surface area contributed by atoms with Crippen LogP contribution in [0.5, 0.6) is 0 Å². The second-order valence-electron chi connectivity index (χ2n) is 7.32. The molecule has 0 aromatic heterocycles. The molecule has 2 N–H and O–H groups in total. The van der Waals surface area contributed by atoms with E-state index < -0.39 is 9.96 Å². The average Bonchev–Trinajstić information content (AvgIpc) is 3.02. The van der Waals surface area contributed by atoms with E-state index in [1.165, 1.54) is 0 Å². The van der Waals surface area contributed by atoms with Crippen molar-refractivity contribution >= 4 is 40.7 Å². The molecular weight excluding hydrogens is 383 g/mol. The van der Waals surface area contributed by atoms with Gasteiger partial charge in [-0.2, -0.15) is 0 Å². The topological polar surface area (TPSA) is 50.4 Å². The van der Waals surface area contributed by atoms with Crippen LogP contribution in [0.3, 0.4) is 0 Å². The summed E-state index contributed by atoms with van der Waals surface area (Å²) >= 11 is 18.0. The third-order valence-corrected chi connectivity index (χ3v) is 4.84. The third-order valence-electron chi connectivity index (χ3n) is 4.19. The number of carbonyl (C=O) groups is 1. The number of nitrogens with one attached hydrogen (secondary N) is 2. The lowest BCUT2D eigenvalue weighted by molar-refractivity contribution is 0.0897. The molecule has 1 aliphatic rings. The van der Waals surface area contributed by atoms with E-state index in [1.54, 1.807) is 12.1 Å². The zero-order valence-corrected chi connectivity index (χ0v) is 17.0. The van der Waals surface area contributed by atoms with Gasteiger partial charge in [0.15, 0.2) is 0 Å². The van der Waals surface area contributed by atoms with Crippen LogP contribution in [0.2, 0.25) is 0 Å². The summed E-state index contributed by atoms with van der Waals surface area (Å²) in [5.41, 5.74) is 1.70. The predicted octanol–water partition coefficient (Wildman–Crippen LogP) is 4.18. The number of ether oxygens (including phenoxy) is 1. The summed E-state index contributed by atoms with van der Waals surface area (Å²) in [7, 11) is 0. The molecule has 1 aromatic rings. The van der Waals surface area contributed by atoms with Gasteiger partial charge in [0.1, 0.15) is 6.17 Å². The van der Waals surface area contributed by atoms with Crippen LogP contribution in [0.25, 0.3) is 0 Å². The Labute approximate surface area is 164 Å². The SMILES string of the molecule is CC(C)(C)c1ccc(C(=O)N[C@H](NC[C@H]2CCCO2)C(Cl)(Cl)Cl)cc1. The minimum absolute atomic E-state index is 0.0257. The standard InChI is InChI=1S/C18H25Cl3N2O2/c1-17(2,3)13-8-6-12(7-9-13)15(24)23-16(18(19,20)21)22-11-14-5-4-10-25-14/h6-9,14,16,22H,4-5,10-11H2,1-3H3,(H,23,24)/t14-,16+/m1/s1. The van der Waals surface area contributed by atoms with Crippen molar-refractivity contribution < 1.29 is 9.53 Å². The lowest BCUT2D eigenvalue weighted by atomic mass is 9.87. The van der Waals surface area contributed by atoms with Gasteiger partial charge in [-0.05, 0) is 36.0 Å². The molecule has 0 spiro atoms. The van der Waals surface area contributed by atoms with Crippen LogP contribution in [0.15, 0.2) is 24.3 Å². The van der Waals surface area contributed by atoms with Crippen LogP contribution in [-0.2, 0) is 10.2 Å². The maximum absolute atomic E-state index is 12.5. The Morgan fingerprint density at radius 1 is 1.24 bits per heavy atom. The fourth-order valence-electron chi connectivity index (χ4n) is 2.64.